The highest BCUT2D eigenvalue weighted by Gasteiger charge is 2.42. The Morgan fingerprint density at radius 2 is 2.33 bits per heavy atom. The Morgan fingerprint density at radius 3 is 2.93 bits per heavy atom. The Balaban J connectivity index is 1.87. The van der Waals surface area contributed by atoms with Gasteiger partial charge in [-0.1, -0.05) is 6.92 Å². The number of rotatable bonds is 5. The van der Waals surface area contributed by atoms with Gasteiger partial charge in [0.05, 0.1) is 6.54 Å². The topological polar surface area (TPSA) is 42.7 Å². The van der Waals surface area contributed by atoms with Gasteiger partial charge in [-0.05, 0) is 32.1 Å². The van der Waals surface area contributed by atoms with Crippen LogP contribution in [0.5, 0.6) is 0 Å². The van der Waals surface area contributed by atoms with Crippen molar-refractivity contribution >= 4 is 0 Å². The predicted molar refractivity (Wildman–Crippen MR) is 59.3 cm³/mol. The van der Waals surface area contributed by atoms with Crippen molar-refractivity contribution in [1.29, 1.82) is 0 Å². The molecule has 0 aliphatic heterocycles. The molecule has 1 unspecified atom stereocenters. The molecule has 0 radical (unpaired) electrons. The van der Waals surface area contributed by atoms with E-state index in [9.17, 15) is 0 Å². The lowest BCUT2D eigenvalue weighted by Crippen LogP contribution is -2.33. The van der Waals surface area contributed by atoms with Gasteiger partial charge in [0.25, 0.3) is 0 Å². The number of nitrogens with zero attached hydrogens (tertiary/aromatic N) is 3. The summed E-state index contributed by atoms with van der Waals surface area (Å²) < 4.78 is 2.08. The lowest BCUT2D eigenvalue weighted by atomic mass is 10.0. The monoisotopic (exact) mass is 208 g/mol. The second-order valence-electron chi connectivity index (χ2n) is 4.79. The van der Waals surface area contributed by atoms with E-state index in [1.807, 2.05) is 0 Å². The highest BCUT2D eigenvalue weighted by Crippen LogP contribution is 2.47. The van der Waals surface area contributed by atoms with Crippen LogP contribution < -0.4 is 5.32 Å². The third kappa shape index (κ3) is 2.20. The largest absolute Gasteiger partial charge is 0.317 e. The molecule has 1 heterocycles. The van der Waals surface area contributed by atoms with Crippen LogP contribution in [0.15, 0.2) is 6.33 Å². The molecular formula is C11H20N4. The van der Waals surface area contributed by atoms with Gasteiger partial charge in [0.1, 0.15) is 12.2 Å². The van der Waals surface area contributed by atoms with E-state index in [-0.39, 0.29) is 0 Å². The zero-order valence-corrected chi connectivity index (χ0v) is 9.82. The summed E-state index contributed by atoms with van der Waals surface area (Å²) in [5, 5.41) is 11.6. The van der Waals surface area contributed by atoms with Gasteiger partial charge in [-0.25, -0.2) is 0 Å². The van der Waals surface area contributed by atoms with Gasteiger partial charge in [-0.15, -0.1) is 10.2 Å². The van der Waals surface area contributed by atoms with Crippen LogP contribution in [0.25, 0.3) is 0 Å². The zero-order valence-electron chi connectivity index (χ0n) is 9.82. The van der Waals surface area contributed by atoms with Gasteiger partial charge in [0.15, 0.2) is 0 Å². The number of aryl methyl sites for hydroxylation is 1. The fourth-order valence-electron chi connectivity index (χ4n) is 1.80. The van der Waals surface area contributed by atoms with E-state index >= 15 is 0 Å². The molecule has 2 rings (SSSR count). The predicted octanol–water partition coefficient (Wildman–Crippen LogP) is 1.58. The van der Waals surface area contributed by atoms with E-state index in [4.69, 9.17) is 0 Å². The van der Waals surface area contributed by atoms with E-state index in [2.05, 4.69) is 40.9 Å². The molecule has 1 fully saturated rings. The van der Waals surface area contributed by atoms with Crippen molar-refractivity contribution < 1.29 is 0 Å². The molecule has 1 aliphatic carbocycles. The Morgan fingerprint density at radius 1 is 1.60 bits per heavy atom. The fourth-order valence-corrected chi connectivity index (χ4v) is 1.80. The second kappa shape index (κ2) is 3.93. The summed E-state index contributed by atoms with van der Waals surface area (Å²) in [7, 11) is 0. The second-order valence-corrected chi connectivity index (χ2v) is 4.79. The van der Waals surface area contributed by atoms with Crippen LogP contribution >= 0.6 is 0 Å². The molecule has 84 valence electrons. The molecule has 0 aromatic carbocycles. The first-order chi connectivity index (χ1) is 7.15. The Bertz CT molecular complexity index is 327. The van der Waals surface area contributed by atoms with Gasteiger partial charge in [-0.3, -0.25) is 0 Å². The highest BCUT2D eigenvalue weighted by molar-refractivity contribution is 4.97. The Labute approximate surface area is 91.1 Å². The summed E-state index contributed by atoms with van der Waals surface area (Å²) in [6.07, 6.45) is 4.49. The highest BCUT2D eigenvalue weighted by atomic mass is 15.3. The van der Waals surface area contributed by atoms with Crippen LogP contribution in [0, 0.1) is 5.41 Å². The maximum atomic E-state index is 4.11. The Kier molecular flexibility index (Phi) is 2.78. The van der Waals surface area contributed by atoms with Crippen molar-refractivity contribution in [2.45, 2.75) is 52.7 Å². The molecule has 15 heavy (non-hydrogen) atoms. The first-order valence-electron chi connectivity index (χ1n) is 5.76. The van der Waals surface area contributed by atoms with Crippen LogP contribution in [0.2, 0.25) is 0 Å². The van der Waals surface area contributed by atoms with Crippen molar-refractivity contribution in [3.63, 3.8) is 0 Å². The van der Waals surface area contributed by atoms with Crippen molar-refractivity contribution in [3.05, 3.63) is 12.2 Å². The van der Waals surface area contributed by atoms with E-state index in [1.54, 1.807) is 6.33 Å². The minimum absolute atomic E-state index is 0.525. The van der Waals surface area contributed by atoms with Crippen molar-refractivity contribution in [3.8, 4) is 0 Å². The lowest BCUT2D eigenvalue weighted by Gasteiger charge is -2.20. The van der Waals surface area contributed by atoms with Crippen molar-refractivity contribution in [1.82, 2.24) is 20.1 Å². The minimum Gasteiger partial charge on any atom is -0.317 e. The van der Waals surface area contributed by atoms with Crippen LogP contribution in [0.1, 0.15) is 39.4 Å². The summed E-state index contributed by atoms with van der Waals surface area (Å²) in [4.78, 5) is 0. The van der Waals surface area contributed by atoms with Crippen molar-refractivity contribution in [2.24, 2.45) is 5.41 Å². The lowest BCUT2D eigenvalue weighted by molar-refractivity contribution is 0.373. The molecule has 1 atom stereocenters. The summed E-state index contributed by atoms with van der Waals surface area (Å²) in [6.45, 7) is 8.48. The summed E-state index contributed by atoms with van der Waals surface area (Å²) >= 11 is 0. The number of hydrogen-bond acceptors (Lipinski definition) is 3. The molecular weight excluding hydrogens is 188 g/mol. The first kappa shape index (κ1) is 10.6. The molecule has 4 nitrogen and oxygen atoms in total. The smallest absolute Gasteiger partial charge is 0.146 e. The SMILES string of the molecule is CCn1cnnc1CNC(C)C1(C)CC1. The summed E-state index contributed by atoms with van der Waals surface area (Å²) in [5.41, 5.74) is 0.525. The van der Waals surface area contributed by atoms with Crippen LogP contribution in [-0.4, -0.2) is 20.8 Å². The number of hydrogen-bond donors (Lipinski definition) is 1. The summed E-state index contributed by atoms with van der Waals surface area (Å²) in [6, 6.07) is 0.569. The molecule has 0 spiro atoms. The van der Waals surface area contributed by atoms with E-state index < -0.39 is 0 Å². The maximum Gasteiger partial charge on any atom is 0.146 e. The molecule has 0 amide bonds. The van der Waals surface area contributed by atoms with Gasteiger partial charge in [-0.2, -0.15) is 0 Å². The number of aromatic nitrogens is 3. The van der Waals surface area contributed by atoms with Crippen LogP contribution in [-0.2, 0) is 13.1 Å². The molecule has 1 aromatic heterocycles. The zero-order chi connectivity index (χ0) is 10.9. The standard InChI is InChI=1S/C11H20N4/c1-4-15-8-13-14-10(15)7-12-9(2)11(3)5-6-11/h8-9,12H,4-7H2,1-3H3. The van der Waals surface area contributed by atoms with Gasteiger partial charge < -0.3 is 9.88 Å². The Hall–Kier alpha value is -0.900. The van der Waals surface area contributed by atoms with E-state index in [0.717, 1.165) is 18.9 Å². The third-order valence-electron chi connectivity index (χ3n) is 3.69. The molecule has 0 bridgehead atoms. The van der Waals surface area contributed by atoms with Gasteiger partial charge >= 0.3 is 0 Å². The van der Waals surface area contributed by atoms with Gasteiger partial charge in [0, 0.05) is 12.6 Å². The average Bonchev–Trinajstić information content (AvgIpc) is 2.83. The van der Waals surface area contributed by atoms with Gasteiger partial charge in [0.2, 0.25) is 0 Å². The van der Waals surface area contributed by atoms with Crippen LogP contribution in [0.4, 0.5) is 0 Å². The van der Waals surface area contributed by atoms with E-state index in [1.165, 1.54) is 12.8 Å². The quantitative estimate of drug-likeness (QED) is 0.799. The minimum atomic E-state index is 0.525. The molecule has 1 N–H and O–H groups in total. The first-order valence-corrected chi connectivity index (χ1v) is 5.76. The summed E-state index contributed by atoms with van der Waals surface area (Å²) in [5.74, 6) is 1.04. The third-order valence-corrected chi connectivity index (χ3v) is 3.69. The van der Waals surface area contributed by atoms with Crippen molar-refractivity contribution in [2.75, 3.05) is 0 Å². The normalized spacial score (nSPS) is 20.2. The molecule has 1 saturated carbocycles. The maximum absolute atomic E-state index is 4.11. The molecule has 1 aliphatic rings. The average molecular weight is 208 g/mol. The fraction of sp³-hybridized carbons (Fsp3) is 0.818. The molecule has 0 saturated heterocycles. The number of nitrogens with one attached hydrogen (secondary N) is 1. The molecule has 1 aromatic rings. The molecule has 4 heteroatoms. The van der Waals surface area contributed by atoms with Crippen LogP contribution in [0.3, 0.4) is 0 Å². The van der Waals surface area contributed by atoms with E-state index in [0.29, 0.717) is 11.5 Å².